The molecule has 0 aromatic carbocycles. The fraction of sp³-hybridized carbons (Fsp3) is 0.444. The minimum absolute atomic E-state index is 1.12. The highest BCUT2D eigenvalue weighted by Gasteiger charge is 1.74. The minimum atomic E-state index is 1.12. The summed E-state index contributed by atoms with van der Waals surface area (Å²) in [5, 5.41) is 10.8. The van der Waals surface area contributed by atoms with Crippen LogP contribution < -0.4 is 0 Å². The summed E-state index contributed by atoms with van der Waals surface area (Å²) in [6.07, 6.45) is 12.5. The third-order valence-corrected chi connectivity index (χ3v) is 1.24. The van der Waals surface area contributed by atoms with Crippen molar-refractivity contribution in [3.05, 3.63) is 24.3 Å². The molecule has 0 rings (SSSR count). The highest BCUT2D eigenvalue weighted by atomic mass is 16.4. The van der Waals surface area contributed by atoms with Crippen molar-refractivity contribution in [2.24, 2.45) is 5.16 Å². The summed E-state index contributed by atoms with van der Waals surface area (Å²) in [4.78, 5) is 0. The van der Waals surface area contributed by atoms with Crippen molar-refractivity contribution in [3.63, 3.8) is 0 Å². The van der Waals surface area contributed by atoms with E-state index in [0.717, 1.165) is 6.42 Å². The van der Waals surface area contributed by atoms with Gasteiger partial charge in [0.1, 0.15) is 0 Å². The number of rotatable bonds is 5. The summed E-state index contributed by atoms with van der Waals surface area (Å²) < 4.78 is 0. The van der Waals surface area contributed by atoms with E-state index in [2.05, 4.69) is 18.2 Å². The van der Waals surface area contributed by atoms with Gasteiger partial charge in [-0.15, -0.1) is 0 Å². The van der Waals surface area contributed by atoms with Crippen LogP contribution in [0, 0.1) is 0 Å². The minimum Gasteiger partial charge on any atom is -0.411 e. The highest BCUT2D eigenvalue weighted by Crippen LogP contribution is 1.94. The van der Waals surface area contributed by atoms with Crippen molar-refractivity contribution >= 4 is 6.21 Å². The van der Waals surface area contributed by atoms with E-state index < -0.39 is 0 Å². The second-order valence-corrected chi connectivity index (χ2v) is 2.22. The molecule has 1 N–H and O–H groups in total. The molecule has 0 spiro atoms. The molecule has 0 aromatic heterocycles. The van der Waals surface area contributed by atoms with E-state index in [0.29, 0.717) is 0 Å². The van der Waals surface area contributed by atoms with Gasteiger partial charge in [0.25, 0.3) is 0 Å². The van der Waals surface area contributed by atoms with Gasteiger partial charge in [0.15, 0.2) is 0 Å². The van der Waals surface area contributed by atoms with E-state index in [-0.39, 0.29) is 0 Å². The summed E-state index contributed by atoms with van der Waals surface area (Å²) in [7, 11) is 0. The van der Waals surface area contributed by atoms with Gasteiger partial charge in [-0.3, -0.25) is 0 Å². The van der Waals surface area contributed by atoms with Gasteiger partial charge in [-0.2, -0.15) is 0 Å². The largest absolute Gasteiger partial charge is 0.411 e. The van der Waals surface area contributed by atoms with Crippen molar-refractivity contribution in [1.29, 1.82) is 0 Å². The van der Waals surface area contributed by atoms with Crippen LogP contribution >= 0.6 is 0 Å². The van der Waals surface area contributed by atoms with E-state index in [1.54, 1.807) is 6.08 Å². The fourth-order valence-corrected chi connectivity index (χ4v) is 0.649. The zero-order valence-electron chi connectivity index (χ0n) is 6.90. The van der Waals surface area contributed by atoms with Gasteiger partial charge in [0.2, 0.25) is 0 Å². The predicted octanol–water partition coefficient (Wildman–Crippen LogP) is 2.75. The van der Waals surface area contributed by atoms with Crippen LogP contribution in [0.1, 0.15) is 26.2 Å². The number of unbranched alkanes of at least 4 members (excludes halogenated alkanes) is 2. The molecule has 0 heterocycles. The number of hydrogen-bond donors (Lipinski definition) is 1. The monoisotopic (exact) mass is 153 g/mol. The Hall–Kier alpha value is -1.05. The summed E-state index contributed by atoms with van der Waals surface area (Å²) in [5.41, 5.74) is 0. The molecule has 0 radical (unpaired) electrons. The number of hydrogen-bond acceptors (Lipinski definition) is 2. The van der Waals surface area contributed by atoms with Crippen LogP contribution in [0.2, 0.25) is 0 Å². The van der Waals surface area contributed by atoms with Crippen LogP contribution in [0.3, 0.4) is 0 Å². The molecule has 0 aliphatic heterocycles. The van der Waals surface area contributed by atoms with Gasteiger partial charge in [-0.05, 0) is 12.5 Å². The molecule has 0 aliphatic rings. The number of allylic oxidation sites excluding steroid dienone is 4. The maximum Gasteiger partial charge on any atom is 0.0661 e. The summed E-state index contributed by atoms with van der Waals surface area (Å²) in [6, 6.07) is 0. The van der Waals surface area contributed by atoms with Crippen molar-refractivity contribution in [2.75, 3.05) is 0 Å². The van der Waals surface area contributed by atoms with Gasteiger partial charge in [0, 0.05) is 0 Å². The Balaban J connectivity index is 3.28. The van der Waals surface area contributed by atoms with Gasteiger partial charge in [-0.25, -0.2) is 0 Å². The third kappa shape index (κ3) is 8.95. The lowest BCUT2D eigenvalue weighted by Gasteiger charge is -1.84. The quantitative estimate of drug-likeness (QED) is 0.213. The fourth-order valence-electron chi connectivity index (χ4n) is 0.649. The zero-order chi connectivity index (χ0) is 8.36. The number of oxime groups is 1. The molecule has 0 aromatic rings. The van der Waals surface area contributed by atoms with E-state index in [4.69, 9.17) is 5.21 Å². The molecule has 0 unspecified atom stereocenters. The van der Waals surface area contributed by atoms with Crippen LogP contribution in [0.4, 0.5) is 0 Å². The second kappa shape index (κ2) is 8.95. The van der Waals surface area contributed by atoms with Gasteiger partial charge >= 0.3 is 0 Å². The normalized spacial score (nSPS) is 12.5. The Morgan fingerprint density at radius 3 is 2.73 bits per heavy atom. The molecule has 0 atom stereocenters. The molecule has 2 heteroatoms. The van der Waals surface area contributed by atoms with Crippen molar-refractivity contribution < 1.29 is 5.21 Å². The first-order valence-corrected chi connectivity index (χ1v) is 3.91. The summed E-state index contributed by atoms with van der Waals surface area (Å²) >= 11 is 0. The molecule has 0 saturated carbocycles. The second-order valence-electron chi connectivity index (χ2n) is 2.22. The Labute approximate surface area is 67.9 Å². The first-order chi connectivity index (χ1) is 5.41. The zero-order valence-corrected chi connectivity index (χ0v) is 6.90. The molecule has 0 bridgehead atoms. The Morgan fingerprint density at radius 2 is 2.09 bits per heavy atom. The maximum atomic E-state index is 8.00. The van der Waals surface area contributed by atoms with Crippen molar-refractivity contribution in [3.8, 4) is 0 Å². The lowest BCUT2D eigenvalue weighted by atomic mass is 10.2. The standard InChI is InChI=1S/C9H15NO/c1-2-3-4-5-6-7-8-9-10-11/h5-9,11H,2-4H2,1H3. The molecule has 0 saturated heterocycles. The Kier molecular flexibility index (Phi) is 8.10. The van der Waals surface area contributed by atoms with E-state index >= 15 is 0 Å². The Morgan fingerprint density at radius 1 is 1.27 bits per heavy atom. The van der Waals surface area contributed by atoms with Crippen LogP contribution in [0.5, 0.6) is 0 Å². The van der Waals surface area contributed by atoms with E-state index in [1.165, 1.54) is 19.1 Å². The molecule has 0 aliphatic carbocycles. The molecule has 2 nitrogen and oxygen atoms in total. The van der Waals surface area contributed by atoms with Crippen LogP contribution in [-0.2, 0) is 0 Å². The van der Waals surface area contributed by atoms with Gasteiger partial charge < -0.3 is 5.21 Å². The topological polar surface area (TPSA) is 32.6 Å². The molecule has 62 valence electrons. The van der Waals surface area contributed by atoms with Crippen molar-refractivity contribution in [2.45, 2.75) is 26.2 Å². The highest BCUT2D eigenvalue weighted by molar-refractivity contribution is 5.70. The van der Waals surface area contributed by atoms with E-state index in [1.807, 2.05) is 12.2 Å². The smallest absolute Gasteiger partial charge is 0.0661 e. The first kappa shape index (κ1) is 9.95. The van der Waals surface area contributed by atoms with Crippen LogP contribution in [0.15, 0.2) is 29.5 Å². The van der Waals surface area contributed by atoms with Crippen LogP contribution in [-0.4, -0.2) is 11.4 Å². The average molecular weight is 153 g/mol. The third-order valence-electron chi connectivity index (χ3n) is 1.24. The molecule has 11 heavy (non-hydrogen) atoms. The molecular weight excluding hydrogens is 138 g/mol. The predicted molar refractivity (Wildman–Crippen MR) is 48.1 cm³/mol. The van der Waals surface area contributed by atoms with Crippen LogP contribution in [0.25, 0.3) is 0 Å². The molecular formula is C9H15NO. The van der Waals surface area contributed by atoms with E-state index in [9.17, 15) is 0 Å². The van der Waals surface area contributed by atoms with Crippen molar-refractivity contribution in [1.82, 2.24) is 0 Å². The Bertz CT molecular complexity index is 148. The lowest BCUT2D eigenvalue weighted by Crippen LogP contribution is -1.65. The van der Waals surface area contributed by atoms with Gasteiger partial charge in [0.05, 0.1) is 6.21 Å². The maximum absolute atomic E-state index is 8.00. The molecule has 0 fully saturated rings. The summed E-state index contributed by atoms with van der Waals surface area (Å²) in [6.45, 7) is 2.17. The average Bonchev–Trinajstić information content (AvgIpc) is 2.03. The summed E-state index contributed by atoms with van der Waals surface area (Å²) in [5.74, 6) is 0. The van der Waals surface area contributed by atoms with Gasteiger partial charge in [-0.1, -0.05) is 43.1 Å². The number of nitrogens with zero attached hydrogens (tertiary/aromatic N) is 1. The lowest BCUT2D eigenvalue weighted by molar-refractivity contribution is 0.322. The first-order valence-electron chi connectivity index (χ1n) is 3.91. The molecule has 0 amide bonds. The SMILES string of the molecule is CCCCC=CC=CC=NO.